The Morgan fingerprint density at radius 3 is 3.00 bits per heavy atom. The van der Waals surface area contributed by atoms with Crippen LogP contribution in [0.25, 0.3) is 0 Å². The summed E-state index contributed by atoms with van der Waals surface area (Å²) < 4.78 is 4.88. The van der Waals surface area contributed by atoms with Crippen LogP contribution in [0.3, 0.4) is 0 Å². The van der Waals surface area contributed by atoms with Gasteiger partial charge in [0.25, 0.3) is 0 Å². The van der Waals surface area contributed by atoms with Crippen LogP contribution < -0.4 is 10.9 Å². The minimum Gasteiger partial charge on any atom is -0.449 e. The van der Waals surface area contributed by atoms with Gasteiger partial charge in [0.2, 0.25) is 0 Å². The molecule has 17 heavy (non-hydrogen) atoms. The van der Waals surface area contributed by atoms with Gasteiger partial charge < -0.3 is 14.8 Å². The molecular weight excluding hydrogens is 223 g/mol. The lowest BCUT2D eigenvalue weighted by atomic mass is 9.84. The van der Waals surface area contributed by atoms with Crippen LogP contribution in [0.15, 0.2) is 18.3 Å². The van der Waals surface area contributed by atoms with Crippen LogP contribution in [-0.2, 0) is 4.74 Å². The molecule has 0 aliphatic carbocycles. The van der Waals surface area contributed by atoms with Crippen molar-refractivity contribution in [1.29, 1.82) is 0 Å². The van der Waals surface area contributed by atoms with Gasteiger partial charge in [-0.15, -0.1) is 0 Å². The standard InChI is InChI=1S/C10H15BN2O4/c1-2-3-7-17-10(14)13-8-5-4-6-12-9(8)11(15)16/h4-6,15-16H,2-3,7H2,1H3,(H,13,14). The summed E-state index contributed by atoms with van der Waals surface area (Å²) >= 11 is 0. The second kappa shape index (κ2) is 6.87. The van der Waals surface area contributed by atoms with Crippen LogP contribution >= 0.6 is 0 Å². The molecule has 0 bridgehead atoms. The van der Waals surface area contributed by atoms with E-state index in [2.05, 4.69) is 10.3 Å². The van der Waals surface area contributed by atoms with Crippen LogP contribution in [0.2, 0.25) is 0 Å². The van der Waals surface area contributed by atoms with Crippen molar-refractivity contribution in [2.45, 2.75) is 19.8 Å². The van der Waals surface area contributed by atoms with Gasteiger partial charge in [-0.05, 0) is 18.6 Å². The van der Waals surface area contributed by atoms with Gasteiger partial charge in [0.15, 0.2) is 0 Å². The van der Waals surface area contributed by atoms with Crippen molar-refractivity contribution >= 4 is 24.5 Å². The number of nitrogens with zero attached hydrogens (tertiary/aromatic N) is 1. The molecule has 1 rings (SSSR count). The highest BCUT2D eigenvalue weighted by molar-refractivity contribution is 6.59. The maximum atomic E-state index is 11.3. The van der Waals surface area contributed by atoms with E-state index in [-0.39, 0.29) is 11.3 Å². The van der Waals surface area contributed by atoms with Crippen LogP contribution in [0, 0.1) is 0 Å². The van der Waals surface area contributed by atoms with E-state index in [1.54, 1.807) is 6.07 Å². The van der Waals surface area contributed by atoms with Crippen LogP contribution in [-0.4, -0.2) is 34.9 Å². The molecule has 1 aromatic heterocycles. The summed E-state index contributed by atoms with van der Waals surface area (Å²) in [5.74, 6) is 0. The van der Waals surface area contributed by atoms with Crippen molar-refractivity contribution in [1.82, 2.24) is 4.98 Å². The maximum absolute atomic E-state index is 11.3. The Balaban J connectivity index is 2.58. The van der Waals surface area contributed by atoms with E-state index in [9.17, 15) is 4.79 Å². The summed E-state index contributed by atoms with van der Waals surface area (Å²) in [5, 5.41) is 20.5. The normalized spacial score (nSPS) is 9.82. The van der Waals surface area contributed by atoms with Crippen molar-refractivity contribution in [3.8, 4) is 0 Å². The Hall–Kier alpha value is -1.60. The molecule has 92 valence electrons. The zero-order valence-corrected chi connectivity index (χ0v) is 9.59. The number of carbonyl (C=O) groups excluding carboxylic acids is 1. The fourth-order valence-corrected chi connectivity index (χ4v) is 1.18. The van der Waals surface area contributed by atoms with E-state index in [0.717, 1.165) is 12.8 Å². The SMILES string of the molecule is CCCCOC(=O)Nc1cccnc1B(O)O. The molecular formula is C10H15BN2O4. The van der Waals surface area contributed by atoms with Gasteiger partial charge in [-0.25, -0.2) is 4.79 Å². The van der Waals surface area contributed by atoms with E-state index in [1.807, 2.05) is 6.92 Å². The third-order valence-corrected chi connectivity index (χ3v) is 2.05. The summed E-state index contributed by atoms with van der Waals surface area (Å²) in [6, 6.07) is 3.09. The summed E-state index contributed by atoms with van der Waals surface area (Å²) in [4.78, 5) is 15.1. The van der Waals surface area contributed by atoms with Crippen molar-refractivity contribution in [3.05, 3.63) is 18.3 Å². The molecule has 6 nitrogen and oxygen atoms in total. The molecule has 3 N–H and O–H groups in total. The number of carbonyl (C=O) groups is 1. The topological polar surface area (TPSA) is 91.7 Å². The minimum absolute atomic E-state index is 0.0139. The van der Waals surface area contributed by atoms with E-state index in [4.69, 9.17) is 14.8 Å². The molecule has 0 aromatic carbocycles. The third kappa shape index (κ3) is 4.42. The zero-order chi connectivity index (χ0) is 12.7. The van der Waals surface area contributed by atoms with Gasteiger partial charge in [-0.3, -0.25) is 10.3 Å². The Labute approximate surface area is 99.8 Å². The molecule has 0 atom stereocenters. The molecule has 0 unspecified atom stereocenters. The molecule has 1 amide bonds. The number of hydrogen-bond acceptors (Lipinski definition) is 5. The van der Waals surface area contributed by atoms with Gasteiger partial charge in [-0.2, -0.15) is 0 Å². The number of hydrogen-bond donors (Lipinski definition) is 3. The number of nitrogens with one attached hydrogen (secondary N) is 1. The third-order valence-electron chi connectivity index (χ3n) is 2.05. The number of pyridine rings is 1. The highest BCUT2D eigenvalue weighted by atomic mass is 16.5. The first-order chi connectivity index (χ1) is 8.15. The van der Waals surface area contributed by atoms with E-state index >= 15 is 0 Å². The average molecular weight is 238 g/mol. The van der Waals surface area contributed by atoms with Gasteiger partial charge in [-0.1, -0.05) is 13.3 Å². The van der Waals surface area contributed by atoms with Gasteiger partial charge in [0.1, 0.15) is 0 Å². The Morgan fingerprint density at radius 1 is 1.59 bits per heavy atom. The molecule has 0 spiro atoms. The lowest BCUT2D eigenvalue weighted by Crippen LogP contribution is -2.36. The lowest BCUT2D eigenvalue weighted by Gasteiger charge is -2.09. The Morgan fingerprint density at radius 2 is 2.35 bits per heavy atom. The van der Waals surface area contributed by atoms with Crippen molar-refractivity contribution in [3.63, 3.8) is 0 Å². The monoisotopic (exact) mass is 238 g/mol. The predicted molar refractivity (Wildman–Crippen MR) is 63.9 cm³/mol. The second-order valence-electron chi connectivity index (χ2n) is 3.42. The fraction of sp³-hybridized carbons (Fsp3) is 0.400. The summed E-state index contributed by atoms with van der Waals surface area (Å²) in [6.07, 6.45) is 2.49. The Bertz CT molecular complexity index is 373. The first-order valence-corrected chi connectivity index (χ1v) is 5.40. The number of amides is 1. The van der Waals surface area contributed by atoms with Crippen molar-refractivity contribution in [2.24, 2.45) is 0 Å². The lowest BCUT2D eigenvalue weighted by molar-refractivity contribution is 0.160. The first-order valence-electron chi connectivity index (χ1n) is 5.40. The van der Waals surface area contributed by atoms with E-state index in [0.29, 0.717) is 6.61 Å². The maximum Gasteiger partial charge on any atom is 0.510 e. The van der Waals surface area contributed by atoms with Crippen LogP contribution in [0.1, 0.15) is 19.8 Å². The van der Waals surface area contributed by atoms with Crippen molar-refractivity contribution in [2.75, 3.05) is 11.9 Å². The quantitative estimate of drug-likeness (QED) is 0.500. The molecule has 7 heteroatoms. The fourth-order valence-electron chi connectivity index (χ4n) is 1.18. The molecule has 0 saturated heterocycles. The highest BCUT2D eigenvalue weighted by Crippen LogP contribution is 2.02. The molecule has 0 aliphatic rings. The number of unbranched alkanes of at least 4 members (excludes halogenated alkanes) is 1. The average Bonchev–Trinajstić information content (AvgIpc) is 2.29. The number of ether oxygens (including phenoxy) is 1. The minimum atomic E-state index is -1.73. The molecule has 0 saturated carbocycles. The summed E-state index contributed by atoms with van der Waals surface area (Å²) in [7, 11) is -1.73. The molecule has 0 aliphatic heterocycles. The summed E-state index contributed by atoms with van der Waals surface area (Å²) in [5.41, 5.74) is 0.212. The van der Waals surface area contributed by atoms with E-state index < -0.39 is 13.2 Å². The molecule has 1 heterocycles. The first kappa shape index (κ1) is 13.5. The van der Waals surface area contributed by atoms with Crippen LogP contribution in [0.4, 0.5) is 10.5 Å². The van der Waals surface area contributed by atoms with Crippen molar-refractivity contribution < 1.29 is 19.6 Å². The van der Waals surface area contributed by atoms with Crippen LogP contribution in [0.5, 0.6) is 0 Å². The number of rotatable bonds is 5. The zero-order valence-electron chi connectivity index (χ0n) is 9.59. The molecule has 1 aromatic rings. The van der Waals surface area contributed by atoms with Gasteiger partial charge >= 0.3 is 13.2 Å². The highest BCUT2D eigenvalue weighted by Gasteiger charge is 2.18. The Kier molecular flexibility index (Phi) is 5.45. The smallest absolute Gasteiger partial charge is 0.449 e. The second-order valence-corrected chi connectivity index (χ2v) is 3.42. The van der Waals surface area contributed by atoms with Gasteiger partial charge in [0, 0.05) is 6.20 Å². The number of anilines is 1. The predicted octanol–water partition coefficient (Wildman–Crippen LogP) is 0.110. The molecule has 0 radical (unpaired) electrons. The van der Waals surface area contributed by atoms with E-state index in [1.165, 1.54) is 12.3 Å². The molecule has 0 fully saturated rings. The largest absolute Gasteiger partial charge is 0.510 e. The number of aromatic nitrogens is 1. The summed E-state index contributed by atoms with van der Waals surface area (Å²) in [6.45, 7) is 2.32. The van der Waals surface area contributed by atoms with Gasteiger partial charge in [0.05, 0.1) is 17.9 Å².